The topological polar surface area (TPSA) is 79.5 Å². The molecule has 1 atom stereocenters. The lowest BCUT2D eigenvalue weighted by atomic mass is 10.1. The molecule has 1 aliphatic heterocycles. The van der Waals surface area contributed by atoms with Gasteiger partial charge in [0.25, 0.3) is 0 Å². The molecule has 21 heavy (non-hydrogen) atoms. The Bertz CT molecular complexity index is 499. The molecule has 6 nitrogen and oxygen atoms in total. The first kappa shape index (κ1) is 15.3. The summed E-state index contributed by atoms with van der Waals surface area (Å²) in [6, 6.07) is 6.99. The first-order valence-electron chi connectivity index (χ1n) is 7.14. The lowest BCUT2D eigenvalue weighted by Gasteiger charge is -2.13. The average molecular weight is 291 g/mol. The second-order valence-electron chi connectivity index (χ2n) is 4.98. The minimum Gasteiger partial charge on any atom is -0.376 e. The van der Waals surface area contributed by atoms with Gasteiger partial charge in [-0.15, -0.1) is 0 Å². The van der Waals surface area contributed by atoms with Gasteiger partial charge in [0.15, 0.2) is 0 Å². The highest BCUT2D eigenvalue weighted by Crippen LogP contribution is 2.16. The van der Waals surface area contributed by atoms with E-state index >= 15 is 0 Å². The van der Waals surface area contributed by atoms with Crippen LogP contribution in [0, 0.1) is 0 Å². The number of likely N-dealkylation sites (N-methyl/N-ethyl adjacent to an activating group) is 1. The van der Waals surface area contributed by atoms with Crippen molar-refractivity contribution in [2.45, 2.75) is 25.4 Å². The van der Waals surface area contributed by atoms with Gasteiger partial charge in [-0.25, -0.2) is 4.79 Å². The molecule has 0 radical (unpaired) electrons. The maximum Gasteiger partial charge on any atom is 0.319 e. The van der Waals surface area contributed by atoms with Crippen molar-refractivity contribution in [3.8, 4) is 0 Å². The number of urea groups is 1. The third-order valence-corrected chi connectivity index (χ3v) is 3.41. The zero-order chi connectivity index (χ0) is 15.1. The number of amides is 3. The fraction of sp³-hybridized carbons (Fsp3) is 0.467. The van der Waals surface area contributed by atoms with E-state index in [9.17, 15) is 9.59 Å². The van der Waals surface area contributed by atoms with E-state index in [-0.39, 0.29) is 24.5 Å². The Balaban J connectivity index is 1.88. The Kier molecular flexibility index (Phi) is 5.57. The van der Waals surface area contributed by atoms with E-state index in [4.69, 9.17) is 4.74 Å². The highest BCUT2D eigenvalue weighted by atomic mass is 16.5. The van der Waals surface area contributed by atoms with Crippen molar-refractivity contribution in [1.29, 1.82) is 0 Å². The summed E-state index contributed by atoms with van der Waals surface area (Å²) >= 11 is 0. The highest BCUT2D eigenvalue weighted by molar-refractivity contribution is 5.91. The van der Waals surface area contributed by atoms with Gasteiger partial charge < -0.3 is 20.7 Å². The molecule has 114 valence electrons. The van der Waals surface area contributed by atoms with E-state index in [2.05, 4.69) is 16.0 Å². The van der Waals surface area contributed by atoms with Gasteiger partial charge in [0.2, 0.25) is 5.91 Å². The van der Waals surface area contributed by atoms with Crippen LogP contribution in [0.25, 0.3) is 0 Å². The van der Waals surface area contributed by atoms with Gasteiger partial charge in [-0.2, -0.15) is 0 Å². The molecule has 3 N–H and O–H groups in total. The van der Waals surface area contributed by atoms with Crippen LogP contribution in [0.5, 0.6) is 0 Å². The number of rotatable bonds is 5. The van der Waals surface area contributed by atoms with Gasteiger partial charge in [0, 0.05) is 25.9 Å². The molecule has 0 aromatic heterocycles. The van der Waals surface area contributed by atoms with Gasteiger partial charge in [0.1, 0.15) is 0 Å². The summed E-state index contributed by atoms with van der Waals surface area (Å²) in [5.41, 5.74) is 1.43. The molecular weight excluding hydrogens is 270 g/mol. The number of hydrogen-bond acceptors (Lipinski definition) is 3. The predicted octanol–water partition coefficient (Wildman–Crippen LogP) is 1.28. The van der Waals surface area contributed by atoms with Crippen LogP contribution in [-0.2, 0) is 16.0 Å². The van der Waals surface area contributed by atoms with E-state index < -0.39 is 0 Å². The number of carbonyl (C=O) groups is 2. The molecule has 1 aliphatic rings. The molecule has 3 amide bonds. The summed E-state index contributed by atoms with van der Waals surface area (Å²) < 4.78 is 5.45. The van der Waals surface area contributed by atoms with E-state index in [0.29, 0.717) is 12.2 Å². The summed E-state index contributed by atoms with van der Waals surface area (Å²) in [7, 11) is 1.59. The van der Waals surface area contributed by atoms with Crippen LogP contribution in [-0.4, -0.2) is 38.2 Å². The zero-order valence-electron chi connectivity index (χ0n) is 12.1. The third-order valence-electron chi connectivity index (χ3n) is 3.41. The van der Waals surface area contributed by atoms with E-state index in [1.54, 1.807) is 13.1 Å². The van der Waals surface area contributed by atoms with Gasteiger partial charge in [-0.05, 0) is 24.5 Å². The number of nitrogens with one attached hydrogen (secondary N) is 3. The van der Waals surface area contributed by atoms with Crippen molar-refractivity contribution in [3.05, 3.63) is 29.8 Å². The average Bonchev–Trinajstić information content (AvgIpc) is 3.00. The minimum atomic E-state index is -0.283. The maximum atomic E-state index is 11.9. The fourth-order valence-electron chi connectivity index (χ4n) is 2.24. The van der Waals surface area contributed by atoms with E-state index in [1.165, 1.54) is 0 Å². The molecule has 6 heteroatoms. The lowest BCUT2D eigenvalue weighted by molar-refractivity contribution is -0.119. The first-order chi connectivity index (χ1) is 10.2. The summed E-state index contributed by atoms with van der Waals surface area (Å²) in [6.07, 6.45) is 2.37. The standard InChI is InChI=1S/C15H21N3O3/c1-16-14(19)9-11-5-2-3-7-13(11)18-15(20)17-10-12-6-4-8-21-12/h2-3,5,7,12H,4,6,8-10H2,1H3,(H,16,19)(H2,17,18,20). The van der Waals surface area contributed by atoms with Crippen LogP contribution in [0.4, 0.5) is 10.5 Å². The molecule has 0 saturated carbocycles. The molecular formula is C15H21N3O3. The van der Waals surface area contributed by atoms with Crippen molar-refractivity contribution in [2.24, 2.45) is 0 Å². The Labute approximate surface area is 124 Å². The van der Waals surface area contributed by atoms with Crippen molar-refractivity contribution in [1.82, 2.24) is 10.6 Å². The van der Waals surface area contributed by atoms with Crippen LogP contribution in [0.2, 0.25) is 0 Å². The molecule has 1 unspecified atom stereocenters. The lowest BCUT2D eigenvalue weighted by Crippen LogP contribution is -2.35. The molecule has 0 spiro atoms. The second-order valence-corrected chi connectivity index (χ2v) is 4.98. The maximum absolute atomic E-state index is 11.9. The van der Waals surface area contributed by atoms with Gasteiger partial charge in [-0.3, -0.25) is 4.79 Å². The third kappa shape index (κ3) is 4.75. The molecule has 1 fully saturated rings. The van der Waals surface area contributed by atoms with Gasteiger partial charge in [-0.1, -0.05) is 18.2 Å². The van der Waals surface area contributed by atoms with Crippen LogP contribution in [0.1, 0.15) is 18.4 Å². The molecule has 1 heterocycles. The van der Waals surface area contributed by atoms with Crippen LogP contribution >= 0.6 is 0 Å². The monoisotopic (exact) mass is 291 g/mol. The normalized spacial score (nSPS) is 17.3. The first-order valence-corrected chi connectivity index (χ1v) is 7.14. The number of benzene rings is 1. The second kappa shape index (κ2) is 7.64. The summed E-state index contributed by atoms with van der Waals surface area (Å²) in [4.78, 5) is 23.4. The molecule has 1 aromatic rings. The number of carbonyl (C=O) groups excluding carboxylic acids is 2. The Morgan fingerprint density at radius 1 is 1.33 bits per heavy atom. The van der Waals surface area contributed by atoms with Crippen molar-refractivity contribution in [2.75, 3.05) is 25.5 Å². The number of ether oxygens (including phenoxy) is 1. The molecule has 1 aromatic carbocycles. The largest absolute Gasteiger partial charge is 0.376 e. The predicted molar refractivity (Wildman–Crippen MR) is 80.2 cm³/mol. The minimum absolute atomic E-state index is 0.0935. The van der Waals surface area contributed by atoms with Crippen LogP contribution < -0.4 is 16.0 Å². The van der Waals surface area contributed by atoms with E-state index in [1.807, 2.05) is 18.2 Å². The number of para-hydroxylation sites is 1. The van der Waals surface area contributed by atoms with Crippen LogP contribution in [0.3, 0.4) is 0 Å². The Morgan fingerprint density at radius 3 is 2.86 bits per heavy atom. The quantitative estimate of drug-likeness (QED) is 0.764. The Morgan fingerprint density at radius 2 is 2.14 bits per heavy atom. The summed E-state index contributed by atoms with van der Waals surface area (Å²) in [5.74, 6) is -0.0935. The summed E-state index contributed by atoms with van der Waals surface area (Å²) in [6.45, 7) is 1.27. The number of hydrogen-bond donors (Lipinski definition) is 3. The van der Waals surface area contributed by atoms with Crippen LogP contribution in [0.15, 0.2) is 24.3 Å². The smallest absolute Gasteiger partial charge is 0.319 e. The van der Waals surface area contributed by atoms with Gasteiger partial charge >= 0.3 is 6.03 Å². The van der Waals surface area contributed by atoms with Gasteiger partial charge in [0.05, 0.1) is 12.5 Å². The number of anilines is 1. The van der Waals surface area contributed by atoms with Crippen molar-refractivity contribution < 1.29 is 14.3 Å². The molecule has 2 rings (SSSR count). The highest BCUT2D eigenvalue weighted by Gasteiger charge is 2.16. The Hall–Kier alpha value is -2.08. The molecule has 0 aliphatic carbocycles. The fourth-order valence-corrected chi connectivity index (χ4v) is 2.24. The zero-order valence-corrected chi connectivity index (χ0v) is 12.1. The molecule has 1 saturated heterocycles. The SMILES string of the molecule is CNC(=O)Cc1ccccc1NC(=O)NCC1CCCO1. The van der Waals surface area contributed by atoms with Crippen molar-refractivity contribution in [3.63, 3.8) is 0 Å². The van der Waals surface area contributed by atoms with Crippen molar-refractivity contribution >= 4 is 17.6 Å². The van der Waals surface area contributed by atoms with E-state index in [0.717, 1.165) is 25.0 Å². The molecule has 0 bridgehead atoms. The summed E-state index contributed by atoms with van der Waals surface area (Å²) in [5, 5.41) is 8.14.